The summed E-state index contributed by atoms with van der Waals surface area (Å²) in [4.78, 5) is 0. The maximum absolute atomic E-state index is 3.88. The molecule has 3 nitrogen and oxygen atoms in total. The second-order valence-corrected chi connectivity index (χ2v) is 1.98. The molecule has 0 saturated carbocycles. The van der Waals surface area contributed by atoms with Crippen LogP contribution in [-0.4, -0.2) is 10.2 Å². The third-order valence-corrected chi connectivity index (χ3v) is 1.42. The molecule has 0 atom stereocenters. The lowest BCUT2D eigenvalue weighted by Gasteiger charge is -1.82. The van der Waals surface area contributed by atoms with Crippen molar-refractivity contribution in [1.29, 1.82) is 0 Å². The monoisotopic (exact) mass is 269 g/mol. The summed E-state index contributed by atoms with van der Waals surface area (Å²) in [5, 5.41) is 9.98. The molecule has 0 radical (unpaired) electrons. The van der Waals surface area contributed by atoms with Crippen LogP contribution in [0.4, 0.5) is 0 Å². The molecular formula is C5H9Br2N3. The SMILES string of the molecule is Br.Br.c1n[nH]c2c1CNC2. The van der Waals surface area contributed by atoms with Gasteiger partial charge in [-0.2, -0.15) is 5.10 Å². The number of aromatic amines is 1. The van der Waals surface area contributed by atoms with Crippen molar-refractivity contribution in [3.05, 3.63) is 17.5 Å². The first-order chi connectivity index (χ1) is 3.97. The van der Waals surface area contributed by atoms with Gasteiger partial charge in [-0.15, -0.1) is 34.0 Å². The van der Waals surface area contributed by atoms with Crippen LogP contribution in [-0.2, 0) is 13.1 Å². The van der Waals surface area contributed by atoms with E-state index in [1.807, 2.05) is 6.20 Å². The fourth-order valence-electron chi connectivity index (χ4n) is 0.965. The number of hydrogen-bond acceptors (Lipinski definition) is 2. The maximum atomic E-state index is 3.88. The normalized spacial score (nSPS) is 13.2. The van der Waals surface area contributed by atoms with Crippen LogP contribution in [0.1, 0.15) is 11.3 Å². The van der Waals surface area contributed by atoms with E-state index in [9.17, 15) is 0 Å². The Balaban J connectivity index is 0.000000405. The highest BCUT2D eigenvalue weighted by molar-refractivity contribution is 8.93. The quantitative estimate of drug-likeness (QED) is 0.743. The van der Waals surface area contributed by atoms with Crippen molar-refractivity contribution in [2.75, 3.05) is 0 Å². The third kappa shape index (κ3) is 1.59. The van der Waals surface area contributed by atoms with Crippen molar-refractivity contribution in [3.63, 3.8) is 0 Å². The predicted octanol–water partition coefficient (Wildman–Crippen LogP) is 1.17. The van der Waals surface area contributed by atoms with Crippen LogP contribution >= 0.6 is 34.0 Å². The van der Waals surface area contributed by atoms with Gasteiger partial charge in [0, 0.05) is 18.7 Å². The van der Waals surface area contributed by atoms with E-state index in [0.29, 0.717) is 0 Å². The van der Waals surface area contributed by atoms with Gasteiger partial charge in [0.05, 0.1) is 11.9 Å². The van der Waals surface area contributed by atoms with Crippen molar-refractivity contribution >= 4 is 34.0 Å². The summed E-state index contributed by atoms with van der Waals surface area (Å²) in [6.07, 6.45) is 1.87. The number of H-pyrrole nitrogens is 1. The van der Waals surface area contributed by atoms with Crippen LogP contribution < -0.4 is 5.32 Å². The van der Waals surface area contributed by atoms with E-state index in [2.05, 4.69) is 15.5 Å². The van der Waals surface area contributed by atoms with Crippen molar-refractivity contribution in [3.8, 4) is 0 Å². The van der Waals surface area contributed by atoms with Crippen LogP contribution in [0.5, 0.6) is 0 Å². The summed E-state index contributed by atoms with van der Waals surface area (Å²) in [6.45, 7) is 1.93. The molecule has 0 fully saturated rings. The zero-order valence-corrected chi connectivity index (χ0v) is 8.68. The molecule has 10 heavy (non-hydrogen) atoms. The minimum Gasteiger partial charge on any atom is -0.307 e. The largest absolute Gasteiger partial charge is 0.307 e. The van der Waals surface area contributed by atoms with Crippen LogP contribution in [0.3, 0.4) is 0 Å². The van der Waals surface area contributed by atoms with E-state index in [1.54, 1.807) is 0 Å². The molecule has 1 aliphatic heterocycles. The molecule has 0 saturated heterocycles. The molecule has 58 valence electrons. The molecule has 0 aromatic carbocycles. The van der Waals surface area contributed by atoms with E-state index >= 15 is 0 Å². The number of hydrogen-bond donors (Lipinski definition) is 2. The molecule has 2 rings (SSSR count). The Morgan fingerprint density at radius 3 is 2.80 bits per heavy atom. The summed E-state index contributed by atoms with van der Waals surface area (Å²) in [5.41, 5.74) is 2.55. The highest BCUT2D eigenvalue weighted by atomic mass is 79.9. The average molecular weight is 271 g/mol. The second kappa shape index (κ2) is 4.10. The maximum Gasteiger partial charge on any atom is 0.0535 e. The lowest BCUT2D eigenvalue weighted by atomic mass is 10.3. The van der Waals surface area contributed by atoms with Gasteiger partial charge in [0.1, 0.15) is 0 Å². The molecule has 1 aliphatic rings. The summed E-state index contributed by atoms with van der Waals surface area (Å²) in [7, 11) is 0. The zero-order chi connectivity index (χ0) is 5.40. The molecule has 5 heteroatoms. The molecule has 0 amide bonds. The van der Waals surface area contributed by atoms with Gasteiger partial charge in [-0.3, -0.25) is 5.10 Å². The van der Waals surface area contributed by atoms with Crippen LogP contribution in [0.2, 0.25) is 0 Å². The smallest absolute Gasteiger partial charge is 0.0535 e. The number of rotatable bonds is 0. The molecule has 2 N–H and O–H groups in total. The topological polar surface area (TPSA) is 40.7 Å². The summed E-state index contributed by atoms with van der Waals surface area (Å²) >= 11 is 0. The first kappa shape index (κ1) is 10.1. The van der Waals surface area contributed by atoms with Crippen molar-refractivity contribution in [1.82, 2.24) is 15.5 Å². The predicted molar refractivity (Wildman–Crippen MR) is 49.8 cm³/mol. The fraction of sp³-hybridized carbons (Fsp3) is 0.400. The minimum atomic E-state index is 0. The van der Waals surface area contributed by atoms with E-state index in [4.69, 9.17) is 0 Å². The lowest BCUT2D eigenvalue weighted by Crippen LogP contribution is -2.01. The van der Waals surface area contributed by atoms with Gasteiger partial charge in [0.25, 0.3) is 0 Å². The van der Waals surface area contributed by atoms with Gasteiger partial charge < -0.3 is 5.32 Å². The Kier molecular flexibility index (Phi) is 4.15. The Hall–Kier alpha value is 0.130. The molecule has 1 aromatic rings. The van der Waals surface area contributed by atoms with Gasteiger partial charge >= 0.3 is 0 Å². The Morgan fingerprint density at radius 1 is 1.30 bits per heavy atom. The van der Waals surface area contributed by atoms with E-state index in [1.165, 1.54) is 11.3 Å². The standard InChI is InChI=1S/C5H7N3.2BrH/c1-4-2-7-8-5(4)3-6-1;;/h2,6H,1,3H2,(H,7,8);2*1H. The van der Waals surface area contributed by atoms with Crippen LogP contribution in [0.25, 0.3) is 0 Å². The van der Waals surface area contributed by atoms with Gasteiger partial charge in [0.15, 0.2) is 0 Å². The highest BCUT2D eigenvalue weighted by Gasteiger charge is 2.09. The molecule has 2 heterocycles. The van der Waals surface area contributed by atoms with Crippen LogP contribution in [0.15, 0.2) is 6.20 Å². The number of nitrogens with one attached hydrogen (secondary N) is 2. The third-order valence-electron chi connectivity index (χ3n) is 1.42. The molecular weight excluding hydrogens is 262 g/mol. The van der Waals surface area contributed by atoms with Crippen molar-refractivity contribution < 1.29 is 0 Å². The number of halogens is 2. The van der Waals surface area contributed by atoms with E-state index in [-0.39, 0.29) is 34.0 Å². The first-order valence-corrected chi connectivity index (χ1v) is 2.68. The number of nitrogens with zero attached hydrogens (tertiary/aromatic N) is 1. The lowest BCUT2D eigenvalue weighted by molar-refractivity contribution is 0.742. The van der Waals surface area contributed by atoms with Gasteiger partial charge in [0.2, 0.25) is 0 Å². The van der Waals surface area contributed by atoms with Gasteiger partial charge in [-0.25, -0.2) is 0 Å². The summed E-state index contributed by atoms with van der Waals surface area (Å²) < 4.78 is 0. The minimum absolute atomic E-state index is 0. The summed E-state index contributed by atoms with van der Waals surface area (Å²) in [5.74, 6) is 0. The Bertz CT molecular complexity index is 180. The highest BCUT2D eigenvalue weighted by Crippen LogP contribution is 2.08. The Morgan fingerprint density at radius 2 is 2.10 bits per heavy atom. The molecule has 0 aliphatic carbocycles. The van der Waals surface area contributed by atoms with Crippen molar-refractivity contribution in [2.45, 2.75) is 13.1 Å². The molecule has 0 spiro atoms. The van der Waals surface area contributed by atoms with E-state index in [0.717, 1.165) is 13.1 Å². The number of aromatic nitrogens is 2. The summed E-state index contributed by atoms with van der Waals surface area (Å²) in [6, 6.07) is 0. The molecule has 0 bridgehead atoms. The number of fused-ring (bicyclic) bond motifs is 1. The molecule has 1 aromatic heterocycles. The van der Waals surface area contributed by atoms with Gasteiger partial charge in [-0.1, -0.05) is 0 Å². The zero-order valence-electron chi connectivity index (χ0n) is 5.26. The van der Waals surface area contributed by atoms with Crippen LogP contribution in [0, 0.1) is 0 Å². The molecule has 0 unspecified atom stereocenters. The van der Waals surface area contributed by atoms with E-state index < -0.39 is 0 Å². The average Bonchev–Trinajstić information content (AvgIpc) is 2.15. The Labute approximate surface area is 80.1 Å². The van der Waals surface area contributed by atoms with Crippen molar-refractivity contribution in [2.24, 2.45) is 0 Å². The second-order valence-electron chi connectivity index (χ2n) is 1.98. The fourth-order valence-corrected chi connectivity index (χ4v) is 0.965. The van der Waals surface area contributed by atoms with Gasteiger partial charge in [-0.05, 0) is 0 Å². The first-order valence-electron chi connectivity index (χ1n) is 2.68.